The molecule has 0 radical (unpaired) electrons. The van der Waals surface area contributed by atoms with Crippen molar-refractivity contribution in [2.24, 2.45) is 0 Å². The largest absolute Gasteiger partial charge is 0.465 e. The van der Waals surface area contributed by atoms with Crippen LogP contribution in [0.1, 0.15) is 22.8 Å². The Kier molecular flexibility index (Phi) is 2.86. The van der Waals surface area contributed by atoms with Crippen molar-refractivity contribution in [1.82, 2.24) is 4.98 Å². The molecule has 0 atom stereocenters. The van der Waals surface area contributed by atoms with Crippen molar-refractivity contribution in [3.05, 3.63) is 41.6 Å². The van der Waals surface area contributed by atoms with E-state index < -0.39 is 0 Å². The van der Waals surface area contributed by atoms with Gasteiger partial charge in [0.2, 0.25) is 0 Å². The van der Waals surface area contributed by atoms with Crippen molar-refractivity contribution in [3.8, 4) is 0 Å². The number of aromatic nitrogens is 1. The van der Waals surface area contributed by atoms with E-state index in [2.05, 4.69) is 11.9 Å². The molecule has 0 aliphatic rings. The van der Waals surface area contributed by atoms with Gasteiger partial charge in [-0.15, -0.1) is 0 Å². The van der Waals surface area contributed by atoms with E-state index in [4.69, 9.17) is 4.74 Å². The molecule has 2 aromatic rings. The lowest BCUT2D eigenvalue weighted by molar-refractivity contribution is 0.0603. The Morgan fingerprint density at radius 1 is 1.38 bits per heavy atom. The molecule has 0 amide bonds. The molecule has 0 bridgehead atoms. The third kappa shape index (κ3) is 1.65. The van der Waals surface area contributed by atoms with Crippen LogP contribution < -0.4 is 0 Å². The highest BCUT2D eigenvalue weighted by atomic mass is 16.5. The van der Waals surface area contributed by atoms with Crippen molar-refractivity contribution in [1.29, 1.82) is 0 Å². The molecule has 0 aliphatic heterocycles. The van der Waals surface area contributed by atoms with E-state index in [0.29, 0.717) is 5.56 Å². The second-order valence-corrected chi connectivity index (χ2v) is 3.52. The number of hydrogen-bond donors (Lipinski definition) is 0. The second-order valence-electron chi connectivity index (χ2n) is 3.52. The fourth-order valence-electron chi connectivity index (χ4n) is 1.81. The summed E-state index contributed by atoms with van der Waals surface area (Å²) in [6, 6.07) is 7.55. The number of benzene rings is 1. The fraction of sp³-hybridized carbons (Fsp3) is 0.231. The van der Waals surface area contributed by atoms with Crippen LogP contribution in [0.5, 0.6) is 0 Å². The summed E-state index contributed by atoms with van der Waals surface area (Å²) in [4.78, 5) is 15.9. The highest BCUT2D eigenvalue weighted by molar-refractivity contribution is 6.03. The number of carbonyl (C=O) groups is 1. The van der Waals surface area contributed by atoms with Crippen LogP contribution >= 0.6 is 0 Å². The van der Waals surface area contributed by atoms with Gasteiger partial charge in [0.15, 0.2) is 0 Å². The number of nitrogens with zero attached hydrogens (tertiary/aromatic N) is 1. The van der Waals surface area contributed by atoms with E-state index in [1.807, 2.05) is 18.2 Å². The number of para-hydroxylation sites is 1. The predicted octanol–water partition coefficient (Wildman–Crippen LogP) is 2.58. The summed E-state index contributed by atoms with van der Waals surface area (Å²) in [5.41, 5.74) is 2.60. The van der Waals surface area contributed by atoms with E-state index in [0.717, 1.165) is 22.9 Å². The van der Waals surface area contributed by atoms with Crippen LogP contribution in [-0.2, 0) is 11.2 Å². The summed E-state index contributed by atoms with van der Waals surface area (Å²) in [7, 11) is 1.39. The molecule has 0 spiro atoms. The lowest BCUT2D eigenvalue weighted by Gasteiger charge is -2.06. The first kappa shape index (κ1) is 10.6. The molecule has 16 heavy (non-hydrogen) atoms. The number of aryl methyl sites for hydroxylation is 1. The summed E-state index contributed by atoms with van der Waals surface area (Å²) >= 11 is 0. The lowest BCUT2D eigenvalue weighted by Crippen LogP contribution is -2.03. The van der Waals surface area contributed by atoms with Gasteiger partial charge in [-0.25, -0.2) is 4.79 Å². The monoisotopic (exact) mass is 215 g/mol. The number of ether oxygens (including phenoxy) is 1. The maximum atomic E-state index is 11.6. The van der Waals surface area contributed by atoms with Gasteiger partial charge in [0.05, 0.1) is 18.2 Å². The van der Waals surface area contributed by atoms with Crippen molar-refractivity contribution < 1.29 is 9.53 Å². The Hall–Kier alpha value is -1.90. The van der Waals surface area contributed by atoms with E-state index in [-0.39, 0.29) is 5.97 Å². The van der Waals surface area contributed by atoms with Gasteiger partial charge in [-0.05, 0) is 18.1 Å². The third-order valence-corrected chi connectivity index (χ3v) is 2.64. The summed E-state index contributed by atoms with van der Waals surface area (Å²) in [5, 5.41) is 0.855. The summed E-state index contributed by atoms with van der Waals surface area (Å²) in [6.07, 6.45) is 2.54. The maximum Gasteiger partial charge on any atom is 0.338 e. The molecule has 2 rings (SSSR count). The summed E-state index contributed by atoms with van der Waals surface area (Å²) in [6.45, 7) is 2.07. The predicted molar refractivity (Wildman–Crippen MR) is 62.5 cm³/mol. The van der Waals surface area contributed by atoms with E-state index in [1.165, 1.54) is 7.11 Å². The quantitative estimate of drug-likeness (QED) is 0.723. The molecule has 1 aromatic heterocycles. The van der Waals surface area contributed by atoms with Gasteiger partial charge in [-0.3, -0.25) is 4.98 Å². The van der Waals surface area contributed by atoms with Crippen LogP contribution in [-0.4, -0.2) is 18.1 Å². The van der Waals surface area contributed by atoms with Gasteiger partial charge in [-0.2, -0.15) is 0 Å². The van der Waals surface area contributed by atoms with Crippen LogP contribution in [0.15, 0.2) is 30.5 Å². The second kappa shape index (κ2) is 4.31. The lowest BCUT2D eigenvalue weighted by atomic mass is 10.0. The Labute approximate surface area is 94.1 Å². The molecule has 1 aromatic carbocycles. The average Bonchev–Trinajstić information content (AvgIpc) is 2.36. The number of rotatable bonds is 2. The van der Waals surface area contributed by atoms with Crippen LogP contribution in [0, 0.1) is 0 Å². The van der Waals surface area contributed by atoms with Crippen molar-refractivity contribution >= 4 is 16.9 Å². The zero-order valence-electron chi connectivity index (χ0n) is 9.36. The Bertz CT molecular complexity index is 534. The third-order valence-electron chi connectivity index (χ3n) is 2.64. The molecule has 1 heterocycles. The molecule has 0 N–H and O–H groups in total. The SMILES string of the molecule is CCc1cccc2c(C(=O)OC)ccnc12. The van der Waals surface area contributed by atoms with Crippen molar-refractivity contribution in [2.45, 2.75) is 13.3 Å². The Morgan fingerprint density at radius 3 is 2.88 bits per heavy atom. The topological polar surface area (TPSA) is 39.2 Å². The zero-order chi connectivity index (χ0) is 11.5. The number of esters is 1. The van der Waals surface area contributed by atoms with Crippen LogP contribution in [0.2, 0.25) is 0 Å². The molecule has 0 saturated heterocycles. The number of methoxy groups -OCH3 is 1. The summed E-state index contributed by atoms with van der Waals surface area (Å²) in [5.74, 6) is -0.319. The van der Waals surface area contributed by atoms with Gasteiger partial charge >= 0.3 is 5.97 Å². The van der Waals surface area contributed by atoms with Crippen LogP contribution in [0.25, 0.3) is 10.9 Å². The molecule has 3 nitrogen and oxygen atoms in total. The Balaban J connectivity index is 2.73. The first-order valence-electron chi connectivity index (χ1n) is 5.22. The minimum atomic E-state index is -0.319. The highest BCUT2D eigenvalue weighted by Gasteiger charge is 2.11. The summed E-state index contributed by atoms with van der Waals surface area (Å²) < 4.78 is 4.75. The fourth-order valence-corrected chi connectivity index (χ4v) is 1.81. The highest BCUT2D eigenvalue weighted by Crippen LogP contribution is 2.21. The smallest absolute Gasteiger partial charge is 0.338 e. The van der Waals surface area contributed by atoms with Gasteiger partial charge < -0.3 is 4.74 Å². The first-order valence-corrected chi connectivity index (χ1v) is 5.22. The molecule has 0 fully saturated rings. The van der Waals surface area contributed by atoms with Gasteiger partial charge in [0, 0.05) is 11.6 Å². The normalized spacial score (nSPS) is 10.4. The van der Waals surface area contributed by atoms with Crippen LogP contribution in [0.4, 0.5) is 0 Å². The molecular formula is C13H13NO2. The molecular weight excluding hydrogens is 202 g/mol. The average molecular weight is 215 g/mol. The van der Waals surface area contributed by atoms with E-state index in [9.17, 15) is 4.79 Å². The minimum absolute atomic E-state index is 0.319. The molecule has 0 aliphatic carbocycles. The first-order chi connectivity index (χ1) is 7.77. The zero-order valence-corrected chi connectivity index (χ0v) is 9.36. The Morgan fingerprint density at radius 2 is 2.19 bits per heavy atom. The number of fused-ring (bicyclic) bond motifs is 1. The number of pyridine rings is 1. The van der Waals surface area contributed by atoms with Crippen molar-refractivity contribution in [2.75, 3.05) is 7.11 Å². The van der Waals surface area contributed by atoms with Gasteiger partial charge in [0.25, 0.3) is 0 Å². The molecule has 0 saturated carbocycles. The standard InChI is InChI=1S/C13H13NO2/c1-3-9-5-4-6-10-11(13(15)16-2)7-8-14-12(9)10/h4-8H,3H2,1-2H3. The van der Waals surface area contributed by atoms with E-state index in [1.54, 1.807) is 12.3 Å². The van der Waals surface area contributed by atoms with Gasteiger partial charge in [0.1, 0.15) is 0 Å². The van der Waals surface area contributed by atoms with Crippen molar-refractivity contribution in [3.63, 3.8) is 0 Å². The van der Waals surface area contributed by atoms with E-state index >= 15 is 0 Å². The number of hydrogen-bond acceptors (Lipinski definition) is 3. The van der Waals surface area contributed by atoms with Gasteiger partial charge in [-0.1, -0.05) is 25.1 Å². The molecule has 82 valence electrons. The minimum Gasteiger partial charge on any atom is -0.465 e. The number of carbonyl (C=O) groups excluding carboxylic acids is 1. The molecule has 3 heteroatoms. The maximum absolute atomic E-state index is 11.6. The van der Waals surface area contributed by atoms with Crippen LogP contribution in [0.3, 0.4) is 0 Å². The molecule has 0 unspecified atom stereocenters.